The maximum absolute atomic E-state index is 12.7. The van der Waals surface area contributed by atoms with E-state index in [1.54, 1.807) is 6.07 Å². The average Bonchev–Trinajstić information content (AvgIpc) is 3.02. The number of nitrogens with one attached hydrogen (secondary N) is 1. The number of halogens is 3. The Bertz CT molecular complexity index is 744. The van der Waals surface area contributed by atoms with Crippen molar-refractivity contribution < 1.29 is 13.2 Å². The van der Waals surface area contributed by atoms with Crippen LogP contribution < -0.4 is 5.32 Å². The third kappa shape index (κ3) is 3.14. The summed E-state index contributed by atoms with van der Waals surface area (Å²) in [5.41, 5.74) is 1.46. The Balaban J connectivity index is 1.79. The van der Waals surface area contributed by atoms with Crippen molar-refractivity contribution in [3.8, 4) is 5.69 Å². The smallest absolute Gasteiger partial charge is 0.356 e. The lowest BCUT2D eigenvalue weighted by Crippen LogP contribution is -2.05. The van der Waals surface area contributed by atoms with E-state index in [1.807, 2.05) is 53.4 Å². The molecule has 2 aromatic carbocycles. The number of hydrogen-bond acceptors (Lipinski definition) is 1. The lowest BCUT2D eigenvalue weighted by Gasteiger charge is -2.11. The van der Waals surface area contributed by atoms with Crippen LogP contribution in [0.1, 0.15) is 5.56 Å². The molecule has 5 heteroatoms. The summed E-state index contributed by atoms with van der Waals surface area (Å²) in [6.45, 7) is 0. The summed E-state index contributed by atoms with van der Waals surface area (Å²) in [4.78, 5) is 0. The van der Waals surface area contributed by atoms with Crippen LogP contribution in [-0.2, 0) is 6.18 Å². The van der Waals surface area contributed by atoms with E-state index in [9.17, 15) is 13.2 Å². The standard InChI is InChI=1S/C17H13F3N2/c18-17(19,20)13-4-3-5-15(12-13)21-14-6-8-16(9-7-14)22-10-1-2-11-22/h1-12,21H. The highest BCUT2D eigenvalue weighted by molar-refractivity contribution is 5.61. The molecule has 2 nitrogen and oxygen atoms in total. The van der Waals surface area contributed by atoms with E-state index < -0.39 is 11.7 Å². The van der Waals surface area contributed by atoms with Gasteiger partial charge in [0, 0.05) is 29.5 Å². The molecule has 0 saturated heterocycles. The molecule has 0 amide bonds. The van der Waals surface area contributed by atoms with Gasteiger partial charge in [-0.15, -0.1) is 0 Å². The Morgan fingerprint density at radius 3 is 2.09 bits per heavy atom. The molecule has 0 unspecified atom stereocenters. The molecule has 22 heavy (non-hydrogen) atoms. The van der Waals surface area contributed by atoms with E-state index in [0.717, 1.165) is 23.5 Å². The number of anilines is 2. The molecule has 0 spiro atoms. The van der Waals surface area contributed by atoms with E-state index in [0.29, 0.717) is 5.69 Å². The highest BCUT2D eigenvalue weighted by Gasteiger charge is 2.30. The summed E-state index contributed by atoms with van der Waals surface area (Å²) in [6.07, 6.45) is -0.486. The monoisotopic (exact) mass is 302 g/mol. The van der Waals surface area contributed by atoms with Crippen LogP contribution in [0.15, 0.2) is 73.1 Å². The van der Waals surface area contributed by atoms with Crippen LogP contribution in [0.25, 0.3) is 5.69 Å². The Kier molecular flexibility index (Phi) is 3.63. The van der Waals surface area contributed by atoms with Crippen molar-refractivity contribution in [2.45, 2.75) is 6.18 Å². The third-order valence-electron chi connectivity index (χ3n) is 3.25. The molecule has 3 rings (SSSR count). The van der Waals surface area contributed by atoms with E-state index >= 15 is 0 Å². The Hall–Kier alpha value is -2.69. The van der Waals surface area contributed by atoms with E-state index in [1.165, 1.54) is 6.07 Å². The van der Waals surface area contributed by atoms with Crippen LogP contribution in [-0.4, -0.2) is 4.57 Å². The van der Waals surface area contributed by atoms with Gasteiger partial charge in [-0.1, -0.05) is 6.07 Å². The fraction of sp³-hybridized carbons (Fsp3) is 0.0588. The molecule has 0 bridgehead atoms. The molecular weight excluding hydrogens is 289 g/mol. The number of hydrogen-bond donors (Lipinski definition) is 1. The van der Waals surface area contributed by atoms with Gasteiger partial charge in [-0.3, -0.25) is 0 Å². The summed E-state index contributed by atoms with van der Waals surface area (Å²) in [5.74, 6) is 0. The van der Waals surface area contributed by atoms with E-state index in [4.69, 9.17) is 0 Å². The minimum Gasteiger partial charge on any atom is -0.356 e. The van der Waals surface area contributed by atoms with Crippen LogP contribution in [0.5, 0.6) is 0 Å². The lowest BCUT2D eigenvalue weighted by atomic mass is 10.2. The summed E-state index contributed by atoms with van der Waals surface area (Å²) in [7, 11) is 0. The number of nitrogens with zero attached hydrogens (tertiary/aromatic N) is 1. The molecule has 0 saturated carbocycles. The van der Waals surface area contributed by atoms with Crippen LogP contribution in [0.2, 0.25) is 0 Å². The van der Waals surface area contributed by atoms with Gasteiger partial charge in [0.2, 0.25) is 0 Å². The highest BCUT2D eigenvalue weighted by Crippen LogP contribution is 2.31. The molecule has 112 valence electrons. The Morgan fingerprint density at radius 1 is 0.773 bits per heavy atom. The lowest BCUT2D eigenvalue weighted by molar-refractivity contribution is -0.137. The summed E-state index contributed by atoms with van der Waals surface area (Å²) < 4.78 is 40.0. The second-order valence-corrected chi connectivity index (χ2v) is 4.84. The van der Waals surface area contributed by atoms with Crippen molar-refractivity contribution in [1.82, 2.24) is 4.57 Å². The number of alkyl halides is 3. The van der Waals surface area contributed by atoms with Crippen molar-refractivity contribution in [1.29, 1.82) is 0 Å². The van der Waals surface area contributed by atoms with Crippen molar-refractivity contribution in [3.05, 3.63) is 78.6 Å². The maximum atomic E-state index is 12.7. The van der Waals surface area contributed by atoms with Crippen LogP contribution in [0, 0.1) is 0 Å². The normalized spacial score (nSPS) is 11.4. The third-order valence-corrected chi connectivity index (χ3v) is 3.25. The van der Waals surface area contributed by atoms with Gasteiger partial charge in [0.15, 0.2) is 0 Å². The molecule has 0 aliphatic rings. The fourth-order valence-corrected chi connectivity index (χ4v) is 2.16. The van der Waals surface area contributed by atoms with Crippen LogP contribution in [0.4, 0.5) is 24.5 Å². The quantitative estimate of drug-likeness (QED) is 0.700. The molecule has 1 aromatic heterocycles. The molecule has 1 N–H and O–H groups in total. The minimum absolute atomic E-state index is 0.406. The van der Waals surface area contributed by atoms with E-state index in [2.05, 4.69) is 5.32 Å². The van der Waals surface area contributed by atoms with Crippen molar-refractivity contribution in [3.63, 3.8) is 0 Å². The Morgan fingerprint density at radius 2 is 1.45 bits per heavy atom. The fourth-order valence-electron chi connectivity index (χ4n) is 2.16. The number of rotatable bonds is 3. The molecule has 3 aromatic rings. The van der Waals surface area contributed by atoms with Crippen LogP contribution in [0.3, 0.4) is 0 Å². The first-order valence-corrected chi connectivity index (χ1v) is 6.70. The Labute approximate surface area is 125 Å². The zero-order valence-corrected chi connectivity index (χ0v) is 11.5. The molecule has 0 atom stereocenters. The zero-order chi connectivity index (χ0) is 15.6. The first kappa shape index (κ1) is 14.3. The molecule has 0 aliphatic carbocycles. The summed E-state index contributed by atoms with van der Waals surface area (Å²) in [6, 6.07) is 16.5. The van der Waals surface area contributed by atoms with Gasteiger partial charge in [-0.25, -0.2) is 0 Å². The van der Waals surface area contributed by atoms with Gasteiger partial charge in [0.25, 0.3) is 0 Å². The van der Waals surface area contributed by atoms with Gasteiger partial charge >= 0.3 is 6.18 Å². The van der Waals surface area contributed by atoms with Crippen molar-refractivity contribution >= 4 is 11.4 Å². The zero-order valence-electron chi connectivity index (χ0n) is 11.5. The van der Waals surface area contributed by atoms with Gasteiger partial charge < -0.3 is 9.88 Å². The van der Waals surface area contributed by atoms with E-state index in [-0.39, 0.29) is 0 Å². The minimum atomic E-state index is -4.34. The largest absolute Gasteiger partial charge is 0.416 e. The number of benzene rings is 2. The second-order valence-electron chi connectivity index (χ2n) is 4.84. The predicted octanol–water partition coefficient (Wildman–Crippen LogP) is 5.24. The molecule has 1 heterocycles. The SMILES string of the molecule is FC(F)(F)c1cccc(Nc2ccc(-n3cccc3)cc2)c1. The first-order chi connectivity index (χ1) is 10.5. The van der Waals surface area contributed by atoms with Crippen molar-refractivity contribution in [2.24, 2.45) is 0 Å². The number of aromatic nitrogens is 1. The second kappa shape index (κ2) is 5.60. The first-order valence-electron chi connectivity index (χ1n) is 6.70. The van der Waals surface area contributed by atoms with Crippen LogP contribution >= 0.6 is 0 Å². The molecule has 0 radical (unpaired) electrons. The molecule has 0 fully saturated rings. The molecular formula is C17H13F3N2. The average molecular weight is 302 g/mol. The summed E-state index contributed by atoms with van der Waals surface area (Å²) in [5, 5.41) is 2.98. The van der Waals surface area contributed by atoms with Gasteiger partial charge in [0.1, 0.15) is 0 Å². The predicted molar refractivity (Wildman–Crippen MR) is 80.5 cm³/mol. The van der Waals surface area contributed by atoms with Gasteiger partial charge in [0.05, 0.1) is 5.56 Å². The topological polar surface area (TPSA) is 17.0 Å². The van der Waals surface area contributed by atoms with Gasteiger partial charge in [-0.05, 0) is 54.6 Å². The maximum Gasteiger partial charge on any atom is 0.416 e. The van der Waals surface area contributed by atoms with Crippen molar-refractivity contribution in [2.75, 3.05) is 5.32 Å². The highest BCUT2D eigenvalue weighted by atomic mass is 19.4. The molecule has 0 aliphatic heterocycles. The van der Waals surface area contributed by atoms with Gasteiger partial charge in [-0.2, -0.15) is 13.2 Å². The summed E-state index contributed by atoms with van der Waals surface area (Å²) >= 11 is 0.